The Hall–Kier alpha value is -1.44. The molecule has 5 nitrogen and oxygen atoms in total. The molecule has 0 spiro atoms. The summed E-state index contributed by atoms with van der Waals surface area (Å²) in [5, 5.41) is 4.87. The molecule has 1 N–H and O–H groups in total. The first-order valence-electron chi connectivity index (χ1n) is 9.28. The number of rotatable bonds is 6. The monoisotopic (exact) mass is 778 g/mol. The average Bonchev–Trinajstić information content (AvgIpc) is 3.19. The lowest BCUT2D eigenvalue weighted by atomic mass is 10.2. The lowest BCUT2D eigenvalue weighted by Gasteiger charge is -2.09. The van der Waals surface area contributed by atoms with Gasteiger partial charge in [0.15, 0.2) is 5.76 Å². The van der Waals surface area contributed by atoms with Crippen molar-refractivity contribution in [3.05, 3.63) is 93.6 Å². The normalized spacial score (nSPS) is 11.2. The van der Waals surface area contributed by atoms with Crippen LogP contribution in [0.3, 0.4) is 0 Å². The SMILES string of the molecule is O=C(N/N=C\c1ccc(OCc2ccc(I)cc2)c(I)c1)c1cc2cc(Br)cc(Br)c2o1. The maximum absolute atomic E-state index is 12.4. The van der Waals surface area contributed by atoms with E-state index in [0.717, 1.165) is 34.8 Å². The molecule has 0 saturated carbocycles. The molecule has 3 aromatic carbocycles. The Kier molecular flexibility index (Phi) is 7.90. The standard InChI is InChI=1S/C23H14Br2I2N2O3/c24-16-8-15-9-21(32-22(15)18(25)10-16)23(30)29-28-11-14-3-6-20(19(27)7-14)31-12-13-1-4-17(26)5-2-13/h1-11H,12H2,(H,29,30)/b28-11-. The number of ether oxygens (including phenoxy) is 1. The number of carbonyl (C=O) groups excluding carboxylic acids is 1. The fourth-order valence-electron chi connectivity index (χ4n) is 2.86. The van der Waals surface area contributed by atoms with Crippen LogP contribution in [0.5, 0.6) is 5.75 Å². The molecule has 162 valence electrons. The van der Waals surface area contributed by atoms with Crippen LogP contribution in [0.15, 0.2) is 79.1 Å². The highest BCUT2D eigenvalue weighted by Crippen LogP contribution is 2.31. The Bertz CT molecular complexity index is 1320. The number of hydrogen-bond acceptors (Lipinski definition) is 4. The van der Waals surface area contributed by atoms with E-state index in [0.29, 0.717) is 12.2 Å². The first kappa shape index (κ1) is 23.7. The zero-order valence-electron chi connectivity index (χ0n) is 16.2. The number of amides is 1. The molecule has 0 aliphatic heterocycles. The van der Waals surface area contributed by atoms with Crippen LogP contribution in [0.25, 0.3) is 11.0 Å². The van der Waals surface area contributed by atoms with Crippen LogP contribution in [-0.2, 0) is 6.61 Å². The molecule has 0 saturated heterocycles. The van der Waals surface area contributed by atoms with Crippen molar-refractivity contribution in [1.29, 1.82) is 0 Å². The van der Waals surface area contributed by atoms with Gasteiger partial charge in [0, 0.05) is 13.4 Å². The van der Waals surface area contributed by atoms with Crippen molar-refractivity contribution < 1.29 is 13.9 Å². The number of halogens is 4. The Labute approximate surface area is 228 Å². The van der Waals surface area contributed by atoms with Gasteiger partial charge in [-0.05, 0) is 121 Å². The molecule has 0 bridgehead atoms. The van der Waals surface area contributed by atoms with Crippen molar-refractivity contribution in [3.8, 4) is 5.75 Å². The van der Waals surface area contributed by atoms with E-state index in [1.807, 2.05) is 30.3 Å². The highest BCUT2D eigenvalue weighted by Gasteiger charge is 2.14. The predicted octanol–water partition coefficient (Wildman–Crippen LogP) is 7.51. The van der Waals surface area contributed by atoms with Crippen LogP contribution in [0.2, 0.25) is 0 Å². The second kappa shape index (κ2) is 10.7. The van der Waals surface area contributed by atoms with Crippen molar-refractivity contribution in [2.75, 3.05) is 0 Å². The van der Waals surface area contributed by atoms with Gasteiger partial charge in [0.2, 0.25) is 0 Å². The molecule has 1 aromatic heterocycles. The first-order valence-corrected chi connectivity index (χ1v) is 13.0. The van der Waals surface area contributed by atoms with Gasteiger partial charge in [0.05, 0.1) is 14.3 Å². The van der Waals surface area contributed by atoms with Crippen molar-refractivity contribution >= 4 is 100 Å². The fourth-order valence-corrected chi connectivity index (χ4v) is 5.26. The molecule has 1 amide bonds. The van der Waals surface area contributed by atoms with Crippen LogP contribution in [-0.4, -0.2) is 12.1 Å². The maximum atomic E-state index is 12.4. The summed E-state index contributed by atoms with van der Waals surface area (Å²) in [6, 6.07) is 19.4. The fraction of sp³-hybridized carbons (Fsp3) is 0.0435. The largest absolute Gasteiger partial charge is 0.488 e. The van der Waals surface area contributed by atoms with Gasteiger partial charge in [0.1, 0.15) is 17.9 Å². The Balaban J connectivity index is 1.38. The Morgan fingerprint density at radius 1 is 1.06 bits per heavy atom. The van der Waals surface area contributed by atoms with E-state index in [1.165, 1.54) is 3.57 Å². The molecule has 1 heterocycles. The lowest BCUT2D eigenvalue weighted by molar-refractivity contribution is 0.0929. The quantitative estimate of drug-likeness (QED) is 0.125. The molecule has 4 aromatic rings. The zero-order chi connectivity index (χ0) is 22.7. The van der Waals surface area contributed by atoms with Crippen molar-refractivity contribution in [2.24, 2.45) is 5.10 Å². The third-order valence-electron chi connectivity index (χ3n) is 4.40. The molecule has 0 aliphatic rings. The Morgan fingerprint density at radius 3 is 2.59 bits per heavy atom. The van der Waals surface area contributed by atoms with E-state index in [4.69, 9.17) is 9.15 Å². The number of carbonyl (C=O) groups is 1. The summed E-state index contributed by atoms with van der Waals surface area (Å²) >= 11 is 11.4. The number of furan rings is 1. The van der Waals surface area contributed by atoms with E-state index in [2.05, 4.69) is 112 Å². The summed E-state index contributed by atoms with van der Waals surface area (Å²) in [6.45, 7) is 0.501. The van der Waals surface area contributed by atoms with E-state index in [1.54, 1.807) is 12.3 Å². The summed E-state index contributed by atoms with van der Waals surface area (Å²) in [7, 11) is 0. The molecule has 4 rings (SSSR count). The van der Waals surface area contributed by atoms with Gasteiger partial charge in [0.25, 0.3) is 0 Å². The molecule has 0 fully saturated rings. The van der Waals surface area contributed by atoms with E-state index < -0.39 is 5.91 Å². The van der Waals surface area contributed by atoms with Gasteiger partial charge in [-0.15, -0.1) is 0 Å². The summed E-state index contributed by atoms with van der Waals surface area (Å²) < 4.78 is 15.4. The zero-order valence-corrected chi connectivity index (χ0v) is 23.7. The van der Waals surface area contributed by atoms with Crippen LogP contribution >= 0.6 is 77.0 Å². The third kappa shape index (κ3) is 5.91. The molecular weight excluding hydrogens is 766 g/mol. The molecular formula is C23H14Br2I2N2O3. The second-order valence-electron chi connectivity index (χ2n) is 6.72. The summed E-state index contributed by atoms with van der Waals surface area (Å²) in [5.41, 5.74) is 5.06. The van der Waals surface area contributed by atoms with Gasteiger partial charge in [-0.25, -0.2) is 5.43 Å². The van der Waals surface area contributed by atoms with Gasteiger partial charge in [-0.1, -0.05) is 28.1 Å². The highest BCUT2D eigenvalue weighted by molar-refractivity contribution is 14.1. The predicted molar refractivity (Wildman–Crippen MR) is 149 cm³/mol. The number of nitrogens with zero attached hydrogens (tertiary/aromatic N) is 1. The minimum Gasteiger partial charge on any atom is -0.488 e. The smallest absolute Gasteiger partial charge is 0.307 e. The Morgan fingerprint density at radius 2 is 1.84 bits per heavy atom. The number of nitrogens with one attached hydrogen (secondary N) is 1. The van der Waals surface area contributed by atoms with Gasteiger partial charge in [-0.2, -0.15) is 5.10 Å². The number of hydrazone groups is 1. The number of hydrogen-bond donors (Lipinski definition) is 1. The second-order valence-corrected chi connectivity index (χ2v) is 10.9. The molecule has 0 aliphatic carbocycles. The van der Waals surface area contributed by atoms with Crippen molar-refractivity contribution in [3.63, 3.8) is 0 Å². The third-order valence-corrected chi connectivity index (χ3v) is 7.01. The molecule has 0 unspecified atom stereocenters. The molecule has 0 radical (unpaired) electrons. The summed E-state index contributed by atoms with van der Waals surface area (Å²) in [6.07, 6.45) is 1.58. The van der Waals surface area contributed by atoms with E-state index >= 15 is 0 Å². The van der Waals surface area contributed by atoms with Crippen LogP contribution in [0.1, 0.15) is 21.7 Å². The molecule has 32 heavy (non-hydrogen) atoms. The molecule has 9 heteroatoms. The van der Waals surface area contributed by atoms with E-state index in [-0.39, 0.29) is 5.76 Å². The maximum Gasteiger partial charge on any atom is 0.307 e. The summed E-state index contributed by atoms with van der Waals surface area (Å²) in [4.78, 5) is 12.4. The van der Waals surface area contributed by atoms with Gasteiger partial charge >= 0.3 is 5.91 Å². The number of fused-ring (bicyclic) bond motifs is 1. The van der Waals surface area contributed by atoms with E-state index in [9.17, 15) is 4.79 Å². The summed E-state index contributed by atoms with van der Waals surface area (Å²) in [5.74, 6) is 0.557. The van der Waals surface area contributed by atoms with Crippen LogP contribution < -0.4 is 10.2 Å². The number of benzene rings is 3. The van der Waals surface area contributed by atoms with Gasteiger partial charge in [-0.3, -0.25) is 4.79 Å². The topological polar surface area (TPSA) is 63.8 Å². The molecule has 0 atom stereocenters. The minimum atomic E-state index is -0.423. The van der Waals surface area contributed by atoms with Crippen molar-refractivity contribution in [2.45, 2.75) is 6.61 Å². The first-order chi connectivity index (χ1) is 15.4. The lowest BCUT2D eigenvalue weighted by Crippen LogP contribution is -2.16. The highest BCUT2D eigenvalue weighted by atomic mass is 127. The van der Waals surface area contributed by atoms with Crippen LogP contribution in [0, 0.1) is 7.14 Å². The average molecular weight is 780 g/mol. The van der Waals surface area contributed by atoms with Gasteiger partial charge < -0.3 is 9.15 Å². The van der Waals surface area contributed by atoms with Crippen LogP contribution in [0.4, 0.5) is 0 Å². The van der Waals surface area contributed by atoms with Crippen molar-refractivity contribution in [1.82, 2.24) is 5.43 Å². The minimum absolute atomic E-state index is 0.185.